The highest BCUT2D eigenvalue weighted by Crippen LogP contribution is 2.17. The van der Waals surface area contributed by atoms with E-state index in [0.29, 0.717) is 18.0 Å². The van der Waals surface area contributed by atoms with Crippen LogP contribution in [0.3, 0.4) is 0 Å². The minimum Gasteiger partial charge on any atom is -0.494 e. The van der Waals surface area contributed by atoms with Gasteiger partial charge in [-0.15, -0.1) is 0 Å². The van der Waals surface area contributed by atoms with Crippen LogP contribution < -0.4 is 10.2 Å². The van der Waals surface area contributed by atoms with Gasteiger partial charge in [-0.3, -0.25) is 9.89 Å². The molecule has 3 aromatic rings. The Morgan fingerprint density at radius 3 is 2.84 bits per heavy atom. The molecule has 0 atom stereocenters. The lowest BCUT2D eigenvalue weighted by Gasteiger charge is -2.02. The van der Waals surface area contributed by atoms with Gasteiger partial charge in [-0.2, -0.15) is 10.2 Å². The molecule has 1 aromatic carbocycles. The lowest BCUT2D eigenvalue weighted by molar-refractivity contribution is 0.0950. The van der Waals surface area contributed by atoms with Crippen LogP contribution in [0.5, 0.6) is 5.75 Å². The predicted octanol–water partition coefficient (Wildman–Crippen LogP) is 2.58. The normalized spacial score (nSPS) is 11.0. The number of aryl methyl sites for hydroxylation is 1. The van der Waals surface area contributed by atoms with Gasteiger partial charge in [-0.25, -0.2) is 5.43 Å². The molecule has 2 N–H and O–H groups in total. The fourth-order valence-corrected chi connectivity index (χ4v) is 2.34. The summed E-state index contributed by atoms with van der Waals surface area (Å²) in [4.78, 5) is 12.1. The van der Waals surface area contributed by atoms with Gasteiger partial charge >= 0.3 is 0 Å². The summed E-state index contributed by atoms with van der Waals surface area (Å²) in [5.41, 5.74) is 5.31. The zero-order chi connectivity index (χ0) is 17.6. The fraction of sp³-hybridized carbons (Fsp3) is 0.167. The molecule has 0 saturated heterocycles. The van der Waals surface area contributed by atoms with Crippen molar-refractivity contribution in [3.8, 4) is 17.1 Å². The number of H-pyrrole nitrogens is 1. The predicted molar refractivity (Wildman–Crippen MR) is 95.7 cm³/mol. The molecular weight excluding hydrogens is 318 g/mol. The van der Waals surface area contributed by atoms with E-state index in [1.165, 1.54) is 0 Å². The summed E-state index contributed by atoms with van der Waals surface area (Å²) < 4.78 is 7.31. The van der Waals surface area contributed by atoms with Crippen molar-refractivity contribution in [3.05, 3.63) is 59.9 Å². The van der Waals surface area contributed by atoms with Crippen LogP contribution in [0.4, 0.5) is 0 Å². The number of rotatable bonds is 6. The van der Waals surface area contributed by atoms with E-state index >= 15 is 0 Å². The van der Waals surface area contributed by atoms with Gasteiger partial charge in [0.1, 0.15) is 17.1 Å². The minimum absolute atomic E-state index is 0.347. The van der Waals surface area contributed by atoms with Crippen molar-refractivity contribution in [2.24, 2.45) is 12.1 Å². The Kier molecular flexibility index (Phi) is 4.94. The monoisotopic (exact) mass is 337 g/mol. The second-order valence-electron chi connectivity index (χ2n) is 5.37. The molecule has 3 rings (SSSR count). The summed E-state index contributed by atoms with van der Waals surface area (Å²) in [5.74, 6) is 0.449. The average molecular weight is 337 g/mol. The molecule has 2 aromatic heterocycles. The standard InChI is InChI=1S/C18H19N5O2/c1-3-25-14-8-6-13(7-9-14)12-19-22-18(24)16-11-15(20-21-16)17-5-4-10-23(17)2/h4-12H,3H2,1-2H3,(H,20,21)(H,22,24). The molecule has 0 bridgehead atoms. The van der Waals surface area contributed by atoms with E-state index in [1.54, 1.807) is 12.3 Å². The summed E-state index contributed by atoms with van der Waals surface area (Å²) in [6, 6.07) is 13.0. The fourth-order valence-electron chi connectivity index (χ4n) is 2.34. The Hall–Kier alpha value is -3.35. The summed E-state index contributed by atoms with van der Waals surface area (Å²) in [6.45, 7) is 2.56. The summed E-state index contributed by atoms with van der Waals surface area (Å²) in [5, 5.41) is 10.9. The first kappa shape index (κ1) is 16.5. The topological polar surface area (TPSA) is 84.3 Å². The van der Waals surface area contributed by atoms with Gasteiger partial charge in [-0.1, -0.05) is 0 Å². The van der Waals surface area contributed by atoms with Crippen LogP contribution in [-0.4, -0.2) is 33.5 Å². The first-order chi connectivity index (χ1) is 12.2. The van der Waals surface area contributed by atoms with Crippen LogP contribution in [0, 0.1) is 0 Å². The third-order valence-electron chi connectivity index (χ3n) is 3.60. The molecule has 0 spiro atoms. The number of carbonyl (C=O) groups excluding carboxylic acids is 1. The van der Waals surface area contributed by atoms with Gasteiger partial charge in [0.05, 0.1) is 18.5 Å². The van der Waals surface area contributed by atoms with Gasteiger partial charge in [0.2, 0.25) is 0 Å². The maximum Gasteiger partial charge on any atom is 0.289 e. The van der Waals surface area contributed by atoms with Crippen LogP contribution in [0.25, 0.3) is 11.4 Å². The van der Waals surface area contributed by atoms with Crippen molar-refractivity contribution >= 4 is 12.1 Å². The number of benzene rings is 1. The average Bonchev–Trinajstić information content (AvgIpc) is 3.25. The minimum atomic E-state index is -0.352. The molecule has 0 saturated carbocycles. The molecule has 0 aliphatic rings. The second-order valence-corrected chi connectivity index (χ2v) is 5.37. The van der Waals surface area contributed by atoms with Crippen LogP contribution in [0.15, 0.2) is 53.8 Å². The zero-order valence-electron chi connectivity index (χ0n) is 14.1. The Morgan fingerprint density at radius 1 is 1.36 bits per heavy atom. The third kappa shape index (κ3) is 3.95. The molecule has 1 amide bonds. The van der Waals surface area contributed by atoms with Crippen molar-refractivity contribution in [1.82, 2.24) is 20.2 Å². The number of nitrogens with zero attached hydrogens (tertiary/aromatic N) is 3. The van der Waals surface area contributed by atoms with Crippen molar-refractivity contribution in [2.45, 2.75) is 6.92 Å². The molecule has 128 valence electrons. The van der Waals surface area contributed by atoms with Crippen molar-refractivity contribution in [2.75, 3.05) is 6.61 Å². The van der Waals surface area contributed by atoms with E-state index < -0.39 is 0 Å². The van der Waals surface area contributed by atoms with E-state index in [1.807, 2.05) is 61.1 Å². The smallest absolute Gasteiger partial charge is 0.289 e. The number of aromatic nitrogens is 3. The highest BCUT2D eigenvalue weighted by Gasteiger charge is 2.11. The number of ether oxygens (including phenoxy) is 1. The van der Waals surface area contributed by atoms with Gasteiger partial charge in [0.15, 0.2) is 0 Å². The van der Waals surface area contributed by atoms with Crippen LogP contribution in [0.1, 0.15) is 23.0 Å². The molecule has 0 radical (unpaired) electrons. The van der Waals surface area contributed by atoms with E-state index in [9.17, 15) is 4.79 Å². The first-order valence-corrected chi connectivity index (χ1v) is 7.90. The molecule has 0 unspecified atom stereocenters. The Morgan fingerprint density at radius 2 is 2.16 bits per heavy atom. The highest BCUT2D eigenvalue weighted by molar-refractivity contribution is 5.94. The van der Waals surface area contributed by atoms with Crippen molar-refractivity contribution in [1.29, 1.82) is 0 Å². The van der Waals surface area contributed by atoms with E-state index in [-0.39, 0.29) is 5.91 Å². The van der Waals surface area contributed by atoms with Gasteiger partial charge in [0, 0.05) is 13.2 Å². The van der Waals surface area contributed by atoms with Crippen molar-refractivity contribution in [3.63, 3.8) is 0 Å². The molecule has 0 aliphatic heterocycles. The Balaban J connectivity index is 1.61. The highest BCUT2D eigenvalue weighted by atomic mass is 16.5. The van der Waals surface area contributed by atoms with E-state index in [0.717, 1.165) is 17.0 Å². The maximum absolute atomic E-state index is 12.1. The lowest BCUT2D eigenvalue weighted by atomic mass is 10.2. The summed E-state index contributed by atoms with van der Waals surface area (Å²) in [6.07, 6.45) is 3.49. The van der Waals surface area contributed by atoms with E-state index in [4.69, 9.17) is 4.74 Å². The third-order valence-corrected chi connectivity index (χ3v) is 3.60. The van der Waals surface area contributed by atoms with Crippen LogP contribution in [0.2, 0.25) is 0 Å². The molecule has 2 heterocycles. The number of hydrazone groups is 1. The molecule has 0 fully saturated rings. The lowest BCUT2D eigenvalue weighted by Crippen LogP contribution is -2.18. The number of nitrogens with one attached hydrogen (secondary N) is 2. The molecular formula is C18H19N5O2. The van der Waals surface area contributed by atoms with Gasteiger partial charge < -0.3 is 9.30 Å². The zero-order valence-corrected chi connectivity index (χ0v) is 14.1. The molecule has 7 heteroatoms. The second kappa shape index (κ2) is 7.48. The Labute approximate surface area is 145 Å². The summed E-state index contributed by atoms with van der Waals surface area (Å²) >= 11 is 0. The number of hydrogen-bond acceptors (Lipinski definition) is 4. The first-order valence-electron chi connectivity index (χ1n) is 7.90. The summed E-state index contributed by atoms with van der Waals surface area (Å²) in [7, 11) is 1.92. The SMILES string of the molecule is CCOc1ccc(C=NNC(=O)c2cc(-c3cccn3C)n[nH]2)cc1. The van der Waals surface area contributed by atoms with Gasteiger partial charge in [-0.05, 0) is 55.0 Å². The quantitative estimate of drug-likeness (QED) is 0.535. The molecule has 7 nitrogen and oxygen atoms in total. The largest absolute Gasteiger partial charge is 0.494 e. The number of carbonyl (C=O) groups is 1. The maximum atomic E-state index is 12.1. The number of amides is 1. The van der Waals surface area contributed by atoms with Crippen LogP contribution in [-0.2, 0) is 7.05 Å². The van der Waals surface area contributed by atoms with E-state index in [2.05, 4.69) is 20.7 Å². The molecule has 25 heavy (non-hydrogen) atoms. The number of hydrogen-bond donors (Lipinski definition) is 2. The van der Waals surface area contributed by atoms with Gasteiger partial charge in [0.25, 0.3) is 5.91 Å². The number of aromatic amines is 1. The Bertz CT molecular complexity index is 877. The van der Waals surface area contributed by atoms with Crippen molar-refractivity contribution < 1.29 is 9.53 Å². The molecule has 0 aliphatic carbocycles. The van der Waals surface area contributed by atoms with Crippen LogP contribution >= 0.6 is 0 Å².